The summed E-state index contributed by atoms with van der Waals surface area (Å²) in [6, 6.07) is 11.2. The smallest absolute Gasteiger partial charge is 0.307 e. The molecule has 0 spiro atoms. The second-order valence-electron chi connectivity index (χ2n) is 5.09. The van der Waals surface area contributed by atoms with Gasteiger partial charge in [-0.25, -0.2) is 12.7 Å². The van der Waals surface area contributed by atoms with Gasteiger partial charge in [0.1, 0.15) is 0 Å². The third kappa shape index (κ3) is 3.72. The fourth-order valence-electron chi connectivity index (χ4n) is 2.16. The van der Waals surface area contributed by atoms with Gasteiger partial charge in [-0.1, -0.05) is 12.1 Å². The fraction of sp³-hybridized carbons (Fsp3) is 0.125. The topological polar surface area (TPSA) is 118 Å². The summed E-state index contributed by atoms with van der Waals surface area (Å²) in [5, 5.41) is 8.76. The van der Waals surface area contributed by atoms with Crippen LogP contribution in [0.1, 0.15) is 12.5 Å². The fourth-order valence-corrected chi connectivity index (χ4v) is 3.59. The van der Waals surface area contributed by atoms with Crippen molar-refractivity contribution < 1.29 is 23.1 Å². The van der Waals surface area contributed by atoms with Gasteiger partial charge in [-0.3, -0.25) is 9.59 Å². The lowest BCUT2D eigenvalue weighted by molar-refractivity contribution is -0.136. The predicted octanol–water partition coefficient (Wildman–Crippen LogP) is 1.64. The van der Waals surface area contributed by atoms with Crippen molar-refractivity contribution in [1.29, 1.82) is 0 Å². The number of carbonyl (C=O) groups is 2. The van der Waals surface area contributed by atoms with E-state index < -0.39 is 21.9 Å². The number of carboxylic acid groups (broad SMARTS) is 1. The highest BCUT2D eigenvalue weighted by Crippen LogP contribution is 2.25. The molecule has 0 aliphatic heterocycles. The van der Waals surface area contributed by atoms with Crippen molar-refractivity contribution in [2.45, 2.75) is 18.2 Å². The van der Waals surface area contributed by atoms with Crippen LogP contribution in [0.15, 0.2) is 53.4 Å². The van der Waals surface area contributed by atoms with Gasteiger partial charge in [0.25, 0.3) is 10.0 Å². The first-order chi connectivity index (χ1) is 11.2. The van der Waals surface area contributed by atoms with Crippen molar-refractivity contribution in [2.24, 2.45) is 0 Å². The number of hydrogen-bond donors (Lipinski definition) is 2. The van der Waals surface area contributed by atoms with E-state index in [4.69, 9.17) is 10.8 Å². The molecule has 0 aromatic heterocycles. The summed E-state index contributed by atoms with van der Waals surface area (Å²) in [6.07, 6.45) is -0.189. The van der Waals surface area contributed by atoms with E-state index in [0.29, 0.717) is 15.6 Å². The molecule has 3 N–H and O–H groups in total. The molecule has 126 valence electrons. The standard InChI is InChI=1S/C16H16N2O5S/c1-11(19)18(14-6-2-12(3-7-14)10-16(20)21)24(22,23)15-8-4-13(17)5-9-15/h2-9H,10,17H2,1H3,(H,20,21). The Morgan fingerprint density at radius 3 is 2.04 bits per heavy atom. The average molecular weight is 348 g/mol. The highest BCUT2D eigenvalue weighted by atomic mass is 32.2. The molecule has 0 unspecified atom stereocenters. The number of hydrogen-bond acceptors (Lipinski definition) is 5. The Morgan fingerprint density at radius 1 is 1.04 bits per heavy atom. The molecule has 0 saturated carbocycles. The second kappa shape index (κ2) is 6.71. The molecular formula is C16H16N2O5S. The van der Waals surface area contributed by atoms with E-state index in [1.54, 1.807) is 0 Å². The van der Waals surface area contributed by atoms with Crippen LogP contribution in [-0.4, -0.2) is 25.4 Å². The van der Waals surface area contributed by atoms with Crippen LogP contribution in [-0.2, 0) is 26.0 Å². The Morgan fingerprint density at radius 2 is 1.58 bits per heavy atom. The number of rotatable bonds is 5. The maximum atomic E-state index is 12.7. The van der Waals surface area contributed by atoms with Crippen LogP contribution in [0, 0.1) is 0 Å². The molecule has 2 aromatic rings. The minimum Gasteiger partial charge on any atom is -0.481 e. The third-order valence-electron chi connectivity index (χ3n) is 3.23. The zero-order valence-corrected chi connectivity index (χ0v) is 13.7. The molecule has 0 saturated heterocycles. The second-order valence-corrected chi connectivity index (χ2v) is 6.88. The zero-order valence-electron chi connectivity index (χ0n) is 12.8. The van der Waals surface area contributed by atoms with Crippen LogP contribution >= 0.6 is 0 Å². The lowest BCUT2D eigenvalue weighted by Gasteiger charge is -2.21. The lowest BCUT2D eigenvalue weighted by Crippen LogP contribution is -2.35. The quantitative estimate of drug-likeness (QED) is 0.793. The van der Waals surface area contributed by atoms with Crippen LogP contribution in [0.2, 0.25) is 0 Å². The van der Waals surface area contributed by atoms with E-state index in [1.165, 1.54) is 48.5 Å². The number of nitrogens with zero attached hydrogens (tertiary/aromatic N) is 1. The van der Waals surface area contributed by atoms with Crippen LogP contribution in [0.5, 0.6) is 0 Å². The molecule has 2 aromatic carbocycles. The van der Waals surface area contributed by atoms with E-state index in [9.17, 15) is 18.0 Å². The van der Waals surface area contributed by atoms with Crippen molar-refractivity contribution in [3.63, 3.8) is 0 Å². The first-order valence-corrected chi connectivity index (χ1v) is 8.38. The van der Waals surface area contributed by atoms with E-state index in [-0.39, 0.29) is 17.0 Å². The average Bonchev–Trinajstić information content (AvgIpc) is 2.48. The number of nitrogens with two attached hydrogens (primary N) is 1. The molecule has 7 nitrogen and oxygen atoms in total. The van der Waals surface area contributed by atoms with Crippen molar-refractivity contribution in [1.82, 2.24) is 0 Å². The van der Waals surface area contributed by atoms with Crippen LogP contribution in [0.3, 0.4) is 0 Å². The summed E-state index contributed by atoms with van der Waals surface area (Å²) < 4.78 is 26.1. The van der Waals surface area contributed by atoms with Gasteiger partial charge in [0.05, 0.1) is 17.0 Å². The number of nitrogen functional groups attached to an aromatic ring is 1. The van der Waals surface area contributed by atoms with Crippen molar-refractivity contribution >= 4 is 33.3 Å². The maximum absolute atomic E-state index is 12.7. The monoisotopic (exact) mass is 348 g/mol. The van der Waals surface area contributed by atoms with E-state index in [1.807, 2.05) is 0 Å². The van der Waals surface area contributed by atoms with Crippen molar-refractivity contribution in [2.75, 3.05) is 10.0 Å². The number of carboxylic acids is 1. The van der Waals surface area contributed by atoms with Gasteiger partial charge < -0.3 is 10.8 Å². The van der Waals surface area contributed by atoms with Crippen LogP contribution in [0.25, 0.3) is 0 Å². The molecule has 1 amide bonds. The Labute approximate surface area is 139 Å². The van der Waals surface area contributed by atoms with E-state index in [2.05, 4.69) is 0 Å². The van der Waals surface area contributed by atoms with Gasteiger partial charge in [0.15, 0.2) is 0 Å². The predicted molar refractivity (Wildman–Crippen MR) is 89.0 cm³/mol. The van der Waals surface area contributed by atoms with Gasteiger partial charge >= 0.3 is 5.97 Å². The van der Waals surface area contributed by atoms with Gasteiger partial charge in [-0.2, -0.15) is 0 Å². The maximum Gasteiger partial charge on any atom is 0.307 e. The first-order valence-electron chi connectivity index (χ1n) is 6.94. The molecule has 0 aliphatic rings. The number of anilines is 2. The highest BCUT2D eigenvalue weighted by molar-refractivity contribution is 7.93. The molecule has 0 aliphatic carbocycles. The van der Waals surface area contributed by atoms with Gasteiger partial charge in [-0.15, -0.1) is 0 Å². The molecule has 0 bridgehead atoms. The third-order valence-corrected chi connectivity index (χ3v) is 5.05. The minimum atomic E-state index is -4.09. The van der Waals surface area contributed by atoms with E-state index >= 15 is 0 Å². The number of carbonyl (C=O) groups excluding carboxylic acids is 1. The summed E-state index contributed by atoms with van der Waals surface area (Å²) in [7, 11) is -4.09. The highest BCUT2D eigenvalue weighted by Gasteiger charge is 2.28. The molecule has 2 rings (SSSR count). The molecule has 0 heterocycles. The van der Waals surface area contributed by atoms with Crippen molar-refractivity contribution in [3.05, 3.63) is 54.1 Å². The molecule has 0 atom stereocenters. The number of aliphatic carboxylic acids is 1. The zero-order chi connectivity index (χ0) is 17.9. The Kier molecular flexibility index (Phi) is 4.89. The van der Waals surface area contributed by atoms with Crippen molar-refractivity contribution in [3.8, 4) is 0 Å². The number of sulfonamides is 1. The summed E-state index contributed by atoms with van der Waals surface area (Å²) >= 11 is 0. The molecule has 8 heteroatoms. The summed E-state index contributed by atoms with van der Waals surface area (Å²) in [5.41, 5.74) is 6.59. The molecule has 24 heavy (non-hydrogen) atoms. The molecular weight excluding hydrogens is 332 g/mol. The molecule has 0 fully saturated rings. The number of benzene rings is 2. The normalized spacial score (nSPS) is 11.0. The van der Waals surface area contributed by atoms with Crippen LogP contribution < -0.4 is 10.0 Å². The van der Waals surface area contributed by atoms with Gasteiger partial charge in [-0.05, 0) is 42.0 Å². The summed E-state index contributed by atoms with van der Waals surface area (Å²) in [5.74, 6) is -1.68. The van der Waals surface area contributed by atoms with E-state index in [0.717, 1.165) is 6.92 Å². The summed E-state index contributed by atoms with van der Waals surface area (Å²) in [4.78, 5) is 22.6. The minimum absolute atomic E-state index is 0.0680. The first kappa shape index (κ1) is 17.5. The van der Waals surface area contributed by atoms with Gasteiger partial charge in [0.2, 0.25) is 5.91 Å². The van der Waals surface area contributed by atoms with Crippen LogP contribution in [0.4, 0.5) is 11.4 Å². The molecule has 0 radical (unpaired) electrons. The lowest BCUT2D eigenvalue weighted by atomic mass is 10.1. The Bertz CT molecular complexity index is 858. The Balaban J connectivity index is 2.44. The largest absolute Gasteiger partial charge is 0.481 e. The number of amides is 1. The SMILES string of the molecule is CC(=O)N(c1ccc(CC(=O)O)cc1)S(=O)(=O)c1ccc(N)cc1. The summed E-state index contributed by atoms with van der Waals surface area (Å²) in [6.45, 7) is 1.14. The Hall–Kier alpha value is -2.87. The van der Waals surface area contributed by atoms with Gasteiger partial charge in [0, 0.05) is 12.6 Å².